The Morgan fingerprint density at radius 2 is 1.80 bits per heavy atom. The van der Waals surface area contributed by atoms with Crippen molar-refractivity contribution in [2.75, 3.05) is 17.6 Å². The predicted molar refractivity (Wildman–Crippen MR) is 121 cm³/mol. The lowest BCUT2D eigenvalue weighted by Gasteiger charge is -2.55. The largest absolute Gasteiger partial charge is 0.347 e. The number of rotatable bonds is 6. The minimum Gasteiger partial charge on any atom is -0.347 e. The summed E-state index contributed by atoms with van der Waals surface area (Å²) in [5, 5.41) is 4.10. The average Bonchev–Trinajstić information content (AvgIpc) is 3.03. The molecule has 1 N–H and O–H groups in total. The van der Waals surface area contributed by atoms with Crippen LogP contribution in [0.4, 0.5) is 10.1 Å². The molecule has 1 heterocycles. The zero-order chi connectivity index (χ0) is 20.7. The summed E-state index contributed by atoms with van der Waals surface area (Å²) in [6.07, 6.45) is 9.63. The summed E-state index contributed by atoms with van der Waals surface area (Å²) >= 11 is 1.84. The molecule has 1 aliphatic heterocycles. The lowest BCUT2D eigenvalue weighted by Crippen LogP contribution is -2.50. The minimum atomic E-state index is -0.292. The van der Waals surface area contributed by atoms with Crippen LogP contribution < -0.4 is 5.32 Å². The average molecular weight is 430 g/mol. The second kappa shape index (κ2) is 8.18. The van der Waals surface area contributed by atoms with Crippen molar-refractivity contribution >= 4 is 28.5 Å². The van der Waals surface area contributed by atoms with E-state index in [-0.39, 0.29) is 23.3 Å². The zero-order valence-electron chi connectivity index (χ0n) is 17.8. The number of anilines is 1. The number of amidine groups is 1. The number of hydrogen-bond acceptors (Lipinski definition) is 3. The van der Waals surface area contributed by atoms with Crippen LogP contribution >= 0.6 is 11.8 Å². The molecule has 6 heteroatoms. The van der Waals surface area contributed by atoms with Gasteiger partial charge in [0.2, 0.25) is 5.91 Å². The van der Waals surface area contributed by atoms with Gasteiger partial charge >= 0.3 is 0 Å². The van der Waals surface area contributed by atoms with Crippen LogP contribution in [0.5, 0.6) is 0 Å². The summed E-state index contributed by atoms with van der Waals surface area (Å²) in [7, 11) is 0. The molecule has 4 saturated carbocycles. The minimum absolute atomic E-state index is 0.00985. The second-order valence-corrected chi connectivity index (χ2v) is 10.9. The van der Waals surface area contributed by atoms with Crippen LogP contribution in [0.2, 0.25) is 0 Å². The molecule has 4 nitrogen and oxygen atoms in total. The molecular weight excluding hydrogens is 397 g/mol. The first-order chi connectivity index (χ1) is 14.5. The Morgan fingerprint density at radius 1 is 1.17 bits per heavy atom. The molecule has 162 valence electrons. The second-order valence-electron chi connectivity index (χ2n) is 9.95. The Labute approximate surface area is 183 Å². The van der Waals surface area contributed by atoms with Gasteiger partial charge in [0.1, 0.15) is 5.82 Å². The molecule has 5 aliphatic rings. The molecule has 1 aromatic carbocycles. The smallest absolute Gasteiger partial charge is 0.226 e. The molecule has 4 bridgehead atoms. The Kier molecular flexibility index (Phi) is 5.55. The van der Waals surface area contributed by atoms with Gasteiger partial charge < -0.3 is 10.2 Å². The van der Waals surface area contributed by atoms with E-state index in [0.717, 1.165) is 36.5 Å². The van der Waals surface area contributed by atoms with Crippen LogP contribution in [0.1, 0.15) is 58.3 Å². The number of carbonyl (C=O) groups excluding carboxylic acids is 1. The van der Waals surface area contributed by atoms with E-state index < -0.39 is 0 Å². The van der Waals surface area contributed by atoms with E-state index in [1.54, 1.807) is 12.1 Å². The fraction of sp³-hybridized carbons (Fsp3) is 0.667. The highest BCUT2D eigenvalue weighted by molar-refractivity contribution is 8.14. The van der Waals surface area contributed by atoms with Crippen molar-refractivity contribution in [3.63, 3.8) is 0 Å². The highest BCUT2D eigenvalue weighted by Gasteiger charge is 2.51. The number of nitrogens with zero attached hydrogens (tertiary/aromatic N) is 2. The maximum Gasteiger partial charge on any atom is 0.226 e. The first-order valence-electron chi connectivity index (χ1n) is 11.6. The highest BCUT2D eigenvalue weighted by Crippen LogP contribution is 2.57. The van der Waals surface area contributed by atoms with Gasteiger partial charge in [0, 0.05) is 30.4 Å². The lowest BCUT2D eigenvalue weighted by molar-refractivity contribution is -0.116. The quantitative estimate of drug-likeness (QED) is 0.667. The summed E-state index contributed by atoms with van der Waals surface area (Å²) in [6.45, 7) is 3.15. The number of nitrogens with one attached hydrogen (secondary N) is 1. The summed E-state index contributed by atoms with van der Waals surface area (Å²) in [5.74, 6) is 3.29. The maximum atomic E-state index is 13.1. The lowest BCUT2D eigenvalue weighted by atomic mass is 9.53. The van der Waals surface area contributed by atoms with Crippen LogP contribution in [0, 0.1) is 23.6 Å². The Morgan fingerprint density at radius 3 is 2.40 bits per heavy atom. The van der Waals surface area contributed by atoms with Gasteiger partial charge in [-0.25, -0.2) is 4.39 Å². The van der Waals surface area contributed by atoms with Crippen LogP contribution in [0.25, 0.3) is 0 Å². The van der Waals surface area contributed by atoms with Gasteiger partial charge in [0.25, 0.3) is 0 Å². The fourth-order valence-electron chi connectivity index (χ4n) is 6.65. The number of thioether (sulfide) groups is 1. The van der Waals surface area contributed by atoms with E-state index in [4.69, 9.17) is 4.99 Å². The van der Waals surface area contributed by atoms with Gasteiger partial charge in [-0.2, -0.15) is 0 Å². The van der Waals surface area contributed by atoms with Crippen LogP contribution in [-0.2, 0) is 4.79 Å². The third kappa shape index (κ3) is 4.12. The Balaban J connectivity index is 1.28. The molecule has 1 amide bonds. The zero-order valence-corrected chi connectivity index (χ0v) is 18.6. The Hall–Kier alpha value is -1.56. The molecular formula is C24H32FN3OS. The van der Waals surface area contributed by atoms with Crippen LogP contribution in [0.15, 0.2) is 29.3 Å². The number of amides is 1. The van der Waals surface area contributed by atoms with E-state index in [2.05, 4.69) is 17.1 Å². The van der Waals surface area contributed by atoms with Crippen molar-refractivity contribution in [1.29, 1.82) is 0 Å². The van der Waals surface area contributed by atoms with Gasteiger partial charge in [-0.3, -0.25) is 9.79 Å². The van der Waals surface area contributed by atoms with Crippen molar-refractivity contribution in [1.82, 2.24) is 4.90 Å². The fourth-order valence-corrected chi connectivity index (χ4v) is 7.95. The maximum absolute atomic E-state index is 13.1. The monoisotopic (exact) mass is 429 g/mol. The molecule has 4 aliphatic carbocycles. The number of aliphatic imine (C=N–C) groups is 1. The molecule has 0 radical (unpaired) electrons. The molecule has 1 atom stereocenters. The number of carbonyl (C=O) groups is 1. The van der Waals surface area contributed by atoms with Crippen LogP contribution in [0.3, 0.4) is 0 Å². The normalized spacial score (nSPS) is 35.9. The third-order valence-electron chi connectivity index (χ3n) is 7.44. The van der Waals surface area contributed by atoms with E-state index in [1.165, 1.54) is 55.8 Å². The molecule has 1 aromatic rings. The molecule has 0 aromatic heterocycles. The molecule has 0 spiro atoms. The topological polar surface area (TPSA) is 44.7 Å². The molecule has 1 saturated heterocycles. The molecule has 5 fully saturated rings. The summed E-state index contributed by atoms with van der Waals surface area (Å²) in [5.41, 5.74) is 0.825. The highest BCUT2D eigenvalue weighted by atomic mass is 32.2. The van der Waals surface area contributed by atoms with Crippen molar-refractivity contribution < 1.29 is 9.18 Å². The van der Waals surface area contributed by atoms with E-state index in [9.17, 15) is 9.18 Å². The molecule has 1 unspecified atom stereocenters. The van der Waals surface area contributed by atoms with Gasteiger partial charge in [-0.15, -0.1) is 0 Å². The van der Waals surface area contributed by atoms with Gasteiger partial charge in [0.05, 0.1) is 5.54 Å². The van der Waals surface area contributed by atoms with Crippen molar-refractivity contribution in [3.8, 4) is 0 Å². The van der Waals surface area contributed by atoms with E-state index in [1.807, 2.05) is 11.8 Å². The standard InChI is InChI=1S/C24H32FN3OS/c1-2-7-28-21(11-22(29)26-20-5-3-19(25)4-6-20)15-30-23(28)27-24-12-16-8-17(13-24)10-18(9-16)14-24/h3-6,16-18,21H,2,7-15H2,1H3,(H,26,29). The summed E-state index contributed by atoms with van der Waals surface area (Å²) < 4.78 is 13.1. The van der Waals surface area contributed by atoms with Gasteiger partial charge in [0.15, 0.2) is 5.17 Å². The van der Waals surface area contributed by atoms with E-state index in [0.29, 0.717) is 12.1 Å². The summed E-state index contributed by atoms with van der Waals surface area (Å²) in [6, 6.07) is 6.16. The number of halogens is 1. The Bertz CT molecular complexity index is 789. The first-order valence-corrected chi connectivity index (χ1v) is 12.6. The number of hydrogen-bond donors (Lipinski definition) is 1. The van der Waals surface area contributed by atoms with Gasteiger partial charge in [-0.1, -0.05) is 18.7 Å². The first kappa shape index (κ1) is 20.3. The predicted octanol–water partition coefficient (Wildman–Crippen LogP) is 5.31. The van der Waals surface area contributed by atoms with E-state index >= 15 is 0 Å². The van der Waals surface area contributed by atoms with Crippen molar-refractivity contribution in [2.24, 2.45) is 22.7 Å². The molecule has 30 heavy (non-hydrogen) atoms. The SMILES string of the molecule is CCCN1C(=NC23CC4CC(CC(C4)C2)C3)SCC1CC(=O)Nc1ccc(F)cc1. The molecule has 6 rings (SSSR count). The third-order valence-corrected chi connectivity index (χ3v) is 8.58. The van der Waals surface area contributed by atoms with Crippen molar-refractivity contribution in [2.45, 2.75) is 69.9 Å². The van der Waals surface area contributed by atoms with Crippen LogP contribution in [-0.4, -0.2) is 39.9 Å². The van der Waals surface area contributed by atoms with Crippen molar-refractivity contribution in [3.05, 3.63) is 30.1 Å². The number of benzene rings is 1. The van der Waals surface area contributed by atoms with Gasteiger partial charge in [-0.05, 0) is 87.0 Å². The summed E-state index contributed by atoms with van der Waals surface area (Å²) in [4.78, 5) is 20.5.